The lowest BCUT2D eigenvalue weighted by Gasteiger charge is -2.33. The molecule has 108 valence electrons. The molecule has 1 aliphatic rings. The molecule has 1 heterocycles. The molecule has 0 saturated carbocycles. The number of nitriles is 2. The zero-order valence-electron chi connectivity index (χ0n) is 12.2. The third-order valence-electron chi connectivity index (χ3n) is 3.40. The number of rotatable bonds is 1. The maximum Gasteiger partial charge on any atom is 0.173 e. The Balaban J connectivity index is 0.000000262. The van der Waals surface area contributed by atoms with E-state index in [9.17, 15) is 9.59 Å². The van der Waals surface area contributed by atoms with Crippen molar-refractivity contribution in [1.29, 1.82) is 10.5 Å². The van der Waals surface area contributed by atoms with E-state index in [2.05, 4.69) is 6.07 Å². The van der Waals surface area contributed by atoms with Gasteiger partial charge >= 0.3 is 0 Å². The zero-order valence-corrected chi connectivity index (χ0v) is 13.0. The van der Waals surface area contributed by atoms with Crippen molar-refractivity contribution in [2.75, 3.05) is 0 Å². The first kappa shape index (κ1) is 16.8. The summed E-state index contributed by atoms with van der Waals surface area (Å²) in [6.45, 7) is 5.47. The van der Waals surface area contributed by atoms with Crippen molar-refractivity contribution < 1.29 is 9.59 Å². The molecule has 0 saturated heterocycles. The van der Waals surface area contributed by atoms with E-state index < -0.39 is 0 Å². The summed E-state index contributed by atoms with van der Waals surface area (Å²) in [7, 11) is 0. The average Bonchev–Trinajstić information content (AvgIpc) is 2.92. The number of nitrogens with zero attached hydrogens (tertiary/aromatic N) is 2. The van der Waals surface area contributed by atoms with Crippen molar-refractivity contribution in [2.45, 2.75) is 27.2 Å². The van der Waals surface area contributed by atoms with Gasteiger partial charge in [-0.1, -0.05) is 19.9 Å². The number of ketones is 1. The molecule has 0 aromatic carbocycles. The van der Waals surface area contributed by atoms with Gasteiger partial charge in [0.05, 0.1) is 22.4 Å². The number of hydrogen-bond donors (Lipinski definition) is 0. The Labute approximate surface area is 128 Å². The van der Waals surface area contributed by atoms with Crippen LogP contribution in [-0.4, -0.2) is 12.1 Å². The van der Waals surface area contributed by atoms with Crippen molar-refractivity contribution in [3.63, 3.8) is 0 Å². The molecular formula is C16H16N2O2S. The van der Waals surface area contributed by atoms with Gasteiger partial charge in [-0.3, -0.25) is 9.59 Å². The Kier molecular flexibility index (Phi) is 5.58. The van der Waals surface area contributed by atoms with Gasteiger partial charge < -0.3 is 0 Å². The van der Waals surface area contributed by atoms with Crippen molar-refractivity contribution in [3.05, 3.63) is 33.5 Å². The molecule has 0 bridgehead atoms. The molecule has 1 aliphatic carbocycles. The lowest BCUT2D eigenvalue weighted by atomic mass is 9.67. The molecule has 1 aromatic heterocycles. The predicted molar refractivity (Wildman–Crippen MR) is 80.5 cm³/mol. The van der Waals surface area contributed by atoms with Crippen LogP contribution in [0.1, 0.15) is 36.9 Å². The quantitative estimate of drug-likeness (QED) is 0.743. The number of carbonyl (C=O) groups excluding carboxylic acids is 2. The van der Waals surface area contributed by atoms with E-state index >= 15 is 0 Å². The molecular weight excluding hydrogens is 284 g/mol. The molecule has 0 aliphatic heterocycles. The summed E-state index contributed by atoms with van der Waals surface area (Å²) in [5.74, 6) is -0.462. The van der Waals surface area contributed by atoms with Gasteiger partial charge in [0.25, 0.3) is 0 Å². The number of Topliss-reactive ketones (excluding diaryl/α,β-unsaturated/α-hetero) is 1. The van der Waals surface area contributed by atoms with Gasteiger partial charge in [-0.15, -0.1) is 11.3 Å². The Hall–Kier alpha value is -2.24. The first-order chi connectivity index (χ1) is 9.87. The number of allylic oxidation sites excluding steroid dienone is 2. The molecule has 21 heavy (non-hydrogen) atoms. The van der Waals surface area contributed by atoms with E-state index in [1.54, 1.807) is 13.0 Å². The highest BCUT2D eigenvalue weighted by Gasteiger charge is 2.40. The van der Waals surface area contributed by atoms with Crippen LogP contribution in [0, 0.1) is 34.0 Å². The molecule has 0 spiro atoms. The fourth-order valence-electron chi connectivity index (χ4n) is 2.34. The number of hydrogen-bond acceptors (Lipinski definition) is 5. The predicted octanol–water partition coefficient (Wildman–Crippen LogP) is 3.53. The van der Waals surface area contributed by atoms with Crippen LogP contribution >= 0.6 is 11.3 Å². The van der Waals surface area contributed by atoms with Gasteiger partial charge in [0.15, 0.2) is 12.1 Å². The third kappa shape index (κ3) is 3.87. The van der Waals surface area contributed by atoms with E-state index in [-0.39, 0.29) is 29.1 Å². The van der Waals surface area contributed by atoms with Crippen molar-refractivity contribution in [1.82, 2.24) is 0 Å². The lowest BCUT2D eigenvalue weighted by molar-refractivity contribution is -0.118. The van der Waals surface area contributed by atoms with Crippen LogP contribution in [-0.2, 0) is 4.79 Å². The largest absolute Gasteiger partial charge is 0.297 e. The molecule has 4 nitrogen and oxygen atoms in total. The standard InChI is InChI=1S/C11H12N2O.C5H4OS/c1-7-8(5-12)10(14)4-11(2,3)9(7)6-13;6-4-5-2-1-3-7-5/h9H,4H2,1-3H3;1-4H. The molecule has 0 N–H and O–H groups in total. The highest BCUT2D eigenvalue weighted by atomic mass is 32.1. The highest BCUT2D eigenvalue weighted by Crippen LogP contribution is 2.41. The van der Waals surface area contributed by atoms with E-state index in [0.29, 0.717) is 5.57 Å². The second-order valence-electron chi connectivity index (χ2n) is 5.45. The van der Waals surface area contributed by atoms with Crippen LogP contribution in [0.3, 0.4) is 0 Å². The molecule has 0 fully saturated rings. The van der Waals surface area contributed by atoms with Gasteiger partial charge in [-0.25, -0.2) is 0 Å². The van der Waals surface area contributed by atoms with E-state index in [4.69, 9.17) is 10.5 Å². The first-order valence-electron chi connectivity index (χ1n) is 6.39. The monoisotopic (exact) mass is 300 g/mol. The van der Waals surface area contributed by atoms with Crippen molar-refractivity contribution in [3.8, 4) is 12.1 Å². The smallest absolute Gasteiger partial charge is 0.173 e. The summed E-state index contributed by atoms with van der Waals surface area (Å²) in [5.41, 5.74) is 0.447. The normalized spacial score (nSPS) is 19.9. The maximum absolute atomic E-state index is 11.5. The van der Waals surface area contributed by atoms with Crippen LogP contribution in [0.25, 0.3) is 0 Å². The summed E-state index contributed by atoms with van der Waals surface area (Å²) in [6.07, 6.45) is 1.14. The SMILES string of the molecule is CC1=C(C#N)C(=O)CC(C)(C)C1C#N.O=Cc1cccs1. The summed E-state index contributed by atoms with van der Waals surface area (Å²) < 4.78 is 0. The van der Waals surface area contributed by atoms with E-state index in [1.807, 2.05) is 31.4 Å². The second-order valence-corrected chi connectivity index (χ2v) is 6.43. The van der Waals surface area contributed by atoms with Gasteiger partial charge in [-0.2, -0.15) is 10.5 Å². The highest BCUT2D eigenvalue weighted by molar-refractivity contribution is 7.11. The molecule has 0 radical (unpaired) electrons. The van der Waals surface area contributed by atoms with Crippen LogP contribution in [0.4, 0.5) is 0 Å². The Morgan fingerprint density at radius 3 is 2.48 bits per heavy atom. The summed E-state index contributed by atoms with van der Waals surface area (Å²) in [6, 6.07) is 7.70. The Morgan fingerprint density at radius 1 is 1.43 bits per heavy atom. The minimum atomic E-state index is -0.351. The van der Waals surface area contributed by atoms with Gasteiger partial charge in [0.1, 0.15) is 6.07 Å². The summed E-state index contributed by atoms with van der Waals surface area (Å²) >= 11 is 1.45. The average molecular weight is 300 g/mol. The number of thiophene rings is 1. The van der Waals surface area contributed by atoms with Gasteiger partial charge in [0.2, 0.25) is 0 Å². The van der Waals surface area contributed by atoms with Crippen LogP contribution in [0.2, 0.25) is 0 Å². The topological polar surface area (TPSA) is 81.7 Å². The van der Waals surface area contributed by atoms with Gasteiger partial charge in [-0.05, 0) is 29.4 Å². The van der Waals surface area contributed by atoms with Crippen LogP contribution in [0.15, 0.2) is 28.7 Å². The Morgan fingerprint density at radius 2 is 2.10 bits per heavy atom. The molecule has 5 heteroatoms. The molecule has 1 unspecified atom stereocenters. The molecule has 0 amide bonds. The molecule has 1 atom stereocenters. The van der Waals surface area contributed by atoms with Crippen LogP contribution in [0.5, 0.6) is 0 Å². The second kappa shape index (κ2) is 6.97. The minimum absolute atomic E-state index is 0.137. The summed E-state index contributed by atoms with van der Waals surface area (Å²) in [5, 5.41) is 19.6. The molecule has 2 rings (SSSR count). The number of carbonyl (C=O) groups is 2. The zero-order chi connectivity index (χ0) is 16.0. The summed E-state index contributed by atoms with van der Waals surface area (Å²) in [4.78, 5) is 22.2. The van der Waals surface area contributed by atoms with Crippen molar-refractivity contribution >= 4 is 23.4 Å². The van der Waals surface area contributed by atoms with Gasteiger partial charge in [0, 0.05) is 6.42 Å². The number of aldehydes is 1. The van der Waals surface area contributed by atoms with Crippen molar-refractivity contribution in [2.24, 2.45) is 11.3 Å². The minimum Gasteiger partial charge on any atom is -0.297 e. The lowest BCUT2D eigenvalue weighted by Crippen LogP contribution is -2.33. The molecule has 1 aromatic rings. The van der Waals surface area contributed by atoms with E-state index in [1.165, 1.54) is 11.3 Å². The fraction of sp³-hybridized carbons (Fsp3) is 0.375. The third-order valence-corrected chi connectivity index (χ3v) is 4.20. The Bertz CT molecular complexity index is 643. The van der Waals surface area contributed by atoms with E-state index in [0.717, 1.165) is 11.2 Å². The fourth-order valence-corrected chi connectivity index (χ4v) is 2.86. The first-order valence-corrected chi connectivity index (χ1v) is 7.27. The van der Waals surface area contributed by atoms with Crippen LogP contribution < -0.4 is 0 Å². The maximum atomic E-state index is 11.5.